The molecule has 0 bridgehead atoms. The first-order chi connectivity index (χ1) is 17.5. The number of rotatable bonds is 8. The standard InChI is InChI=1S/C27H30N6O3/c1-31-24(17-22(29-31)21-11-5-6-12-25(21)36-2)26(34)28-18-23-19-9-3-4-10-20(19)27(35)33(30-23)16-15-32-13-7-8-14-32/h3-6,9-12,17H,7-8,13-16,18H2,1-2H3,(H,28,34). The zero-order valence-electron chi connectivity index (χ0n) is 20.6. The molecule has 1 N–H and O–H groups in total. The number of likely N-dealkylation sites (tertiary alicyclic amines) is 1. The molecule has 0 aliphatic carbocycles. The molecular weight excluding hydrogens is 456 g/mol. The zero-order chi connectivity index (χ0) is 25.1. The average molecular weight is 487 g/mol. The zero-order valence-corrected chi connectivity index (χ0v) is 20.6. The van der Waals surface area contributed by atoms with E-state index in [9.17, 15) is 9.59 Å². The Labute approximate surface area is 209 Å². The Bertz CT molecular complexity index is 1450. The molecule has 9 heteroatoms. The van der Waals surface area contributed by atoms with E-state index < -0.39 is 0 Å². The van der Waals surface area contributed by atoms with Crippen molar-refractivity contribution in [1.82, 2.24) is 29.8 Å². The second-order valence-corrected chi connectivity index (χ2v) is 8.99. The van der Waals surface area contributed by atoms with Crippen molar-refractivity contribution in [3.05, 3.63) is 76.3 Å². The van der Waals surface area contributed by atoms with Gasteiger partial charge in [0.2, 0.25) is 0 Å². The molecule has 2 aromatic heterocycles. The molecule has 1 fully saturated rings. The van der Waals surface area contributed by atoms with Crippen LogP contribution < -0.4 is 15.6 Å². The fraction of sp³-hybridized carbons (Fsp3) is 0.333. The molecule has 1 saturated heterocycles. The first-order valence-corrected chi connectivity index (χ1v) is 12.2. The van der Waals surface area contributed by atoms with E-state index in [0.717, 1.165) is 30.6 Å². The number of amides is 1. The lowest BCUT2D eigenvalue weighted by molar-refractivity contribution is 0.0941. The van der Waals surface area contributed by atoms with Crippen LogP contribution in [0.5, 0.6) is 5.75 Å². The Hall–Kier alpha value is -3.98. The van der Waals surface area contributed by atoms with Crippen LogP contribution in [0.2, 0.25) is 0 Å². The molecule has 186 valence electrons. The van der Waals surface area contributed by atoms with Crippen molar-refractivity contribution >= 4 is 16.7 Å². The van der Waals surface area contributed by atoms with Gasteiger partial charge in [0.1, 0.15) is 11.4 Å². The highest BCUT2D eigenvalue weighted by Gasteiger charge is 2.18. The van der Waals surface area contributed by atoms with E-state index in [1.54, 1.807) is 24.9 Å². The summed E-state index contributed by atoms with van der Waals surface area (Å²) < 4.78 is 8.53. The van der Waals surface area contributed by atoms with Crippen LogP contribution in [0.15, 0.2) is 59.4 Å². The van der Waals surface area contributed by atoms with Gasteiger partial charge >= 0.3 is 0 Å². The van der Waals surface area contributed by atoms with Gasteiger partial charge in [-0.25, -0.2) is 4.68 Å². The van der Waals surface area contributed by atoms with Gasteiger partial charge in [0.25, 0.3) is 11.5 Å². The molecule has 1 aliphatic heterocycles. The normalized spacial score (nSPS) is 13.8. The third kappa shape index (κ3) is 4.74. The maximum absolute atomic E-state index is 13.1. The van der Waals surface area contributed by atoms with Crippen molar-refractivity contribution < 1.29 is 9.53 Å². The Kier molecular flexibility index (Phi) is 6.81. The van der Waals surface area contributed by atoms with Gasteiger partial charge < -0.3 is 15.0 Å². The van der Waals surface area contributed by atoms with Crippen LogP contribution in [0.3, 0.4) is 0 Å². The van der Waals surface area contributed by atoms with Crippen LogP contribution in [-0.4, -0.2) is 57.1 Å². The van der Waals surface area contributed by atoms with Crippen LogP contribution in [0.25, 0.3) is 22.0 Å². The quantitative estimate of drug-likeness (QED) is 0.412. The summed E-state index contributed by atoms with van der Waals surface area (Å²) >= 11 is 0. The minimum atomic E-state index is -0.271. The second kappa shape index (κ2) is 10.3. The molecule has 0 unspecified atom stereocenters. The molecule has 2 aromatic carbocycles. The van der Waals surface area contributed by atoms with Crippen LogP contribution in [0.4, 0.5) is 0 Å². The van der Waals surface area contributed by atoms with E-state index >= 15 is 0 Å². The summed E-state index contributed by atoms with van der Waals surface area (Å²) in [5, 5.41) is 13.5. The highest BCUT2D eigenvalue weighted by atomic mass is 16.5. The van der Waals surface area contributed by atoms with E-state index in [1.807, 2.05) is 48.5 Å². The van der Waals surface area contributed by atoms with Gasteiger partial charge in [-0.1, -0.05) is 30.3 Å². The molecule has 1 aliphatic rings. The minimum absolute atomic E-state index is 0.104. The Morgan fingerprint density at radius 2 is 1.72 bits per heavy atom. The molecular formula is C27H30N6O3. The van der Waals surface area contributed by atoms with Crippen molar-refractivity contribution in [3.8, 4) is 17.0 Å². The van der Waals surface area contributed by atoms with Gasteiger partial charge in [-0.3, -0.25) is 14.3 Å². The highest BCUT2D eigenvalue weighted by Crippen LogP contribution is 2.28. The summed E-state index contributed by atoms with van der Waals surface area (Å²) in [7, 11) is 3.34. The predicted octanol–water partition coefficient (Wildman–Crippen LogP) is 2.83. The molecule has 0 saturated carbocycles. The molecule has 1 amide bonds. The SMILES string of the molecule is COc1ccccc1-c1cc(C(=O)NCc2nn(CCN3CCCC3)c(=O)c3ccccc23)n(C)n1. The lowest BCUT2D eigenvalue weighted by Crippen LogP contribution is -2.33. The first kappa shape index (κ1) is 23.7. The molecule has 0 spiro atoms. The number of para-hydroxylation sites is 1. The van der Waals surface area contributed by atoms with Crippen molar-refractivity contribution in [2.24, 2.45) is 7.05 Å². The molecule has 0 radical (unpaired) electrons. The van der Waals surface area contributed by atoms with E-state index in [-0.39, 0.29) is 18.0 Å². The number of nitrogens with zero attached hydrogens (tertiary/aromatic N) is 5. The minimum Gasteiger partial charge on any atom is -0.496 e. The number of hydrogen-bond donors (Lipinski definition) is 1. The fourth-order valence-corrected chi connectivity index (χ4v) is 4.75. The van der Waals surface area contributed by atoms with Gasteiger partial charge in [-0.2, -0.15) is 10.2 Å². The summed E-state index contributed by atoms with van der Waals surface area (Å²) in [4.78, 5) is 28.5. The third-order valence-corrected chi connectivity index (χ3v) is 6.68. The molecule has 5 rings (SSSR count). The average Bonchev–Trinajstić information content (AvgIpc) is 3.57. The van der Waals surface area contributed by atoms with Gasteiger partial charge in [0.05, 0.1) is 37.0 Å². The maximum Gasteiger partial charge on any atom is 0.274 e. The molecule has 9 nitrogen and oxygen atoms in total. The number of benzene rings is 2. The summed E-state index contributed by atoms with van der Waals surface area (Å²) in [5.74, 6) is 0.418. The summed E-state index contributed by atoms with van der Waals surface area (Å²) in [6, 6.07) is 16.7. The topological polar surface area (TPSA) is 94.3 Å². The lowest BCUT2D eigenvalue weighted by atomic mass is 10.1. The van der Waals surface area contributed by atoms with Gasteiger partial charge in [0, 0.05) is 24.5 Å². The molecule has 4 aromatic rings. The van der Waals surface area contributed by atoms with Crippen molar-refractivity contribution in [2.45, 2.75) is 25.9 Å². The number of aromatic nitrogens is 4. The van der Waals surface area contributed by atoms with Gasteiger partial charge in [-0.15, -0.1) is 0 Å². The van der Waals surface area contributed by atoms with Gasteiger partial charge in [0.15, 0.2) is 0 Å². The second-order valence-electron chi connectivity index (χ2n) is 8.99. The number of aryl methyl sites for hydroxylation is 1. The predicted molar refractivity (Wildman–Crippen MR) is 138 cm³/mol. The summed E-state index contributed by atoms with van der Waals surface area (Å²) in [5.41, 5.74) is 2.44. The molecule has 36 heavy (non-hydrogen) atoms. The number of carbonyl (C=O) groups excluding carboxylic acids is 1. The van der Waals surface area contributed by atoms with Crippen molar-refractivity contribution in [3.63, 3.8) is 0 Å². The Morgan fingerprint density at radius 1 is 1.00 bits per heavy atom. The summed E-state index contributed by atoms with van der Waals surface area (Å²) in [6.07, 6.45) is 2.40. The Morgan fingerprint density at radius 3 is 2.50 bits per heavy atom. The highest BCUT2D eigenvalue weighted by molar-refractivity contribution is 5.94. The van der Waals surface area contributed by atoms with Crippen LogP contribution in [0, 0.1) is 0 Å². The van der Waals surface area contributed by atoms with Crippen LogP contribution in [-0.2, 0) is 20.1 Å². The lowest BCUT2D eigenvalue weighted by Gasteiger charge is -2.16. The number of hydrogen-bond acceptors (Lipinski definition) is 6. The number of ether oxygens (including phenoxy) is 1. The molecule has 0 atom stereocenters. The number of fused-ring (bicyclic) bond motifs is 1. The number of methoxy groups -OCH3 is 1. The van der Waals surface area contributed by atoms with Crippen LogP contribution >= 0.6 is 0 Å². The number of carbonyl (C=O) groups is 1. The fourth-order valence-electron chi connectivity index (χ4n) is 4.75. The van der Waals surface area contributed by atoms with Crippen molar-refractivity contribution in [1.29, 1.82) is 0 Å². The first-order valence-electron chi connectivity index (χ1n) is 12.2. The van der Waals surface area contributed by atoms with E-state index in [0.29, 0.717) is 34.8 Å². The monoisotopic (exact) mass is 486 g/mol. The third-order valence-electron chi connectivity index (χ3n) is 6.68. The largest absolute Gasteiger partial charge is 0.496 e. The Balaban J connectivity index is 1.38. The van der Waals surface area contributed by atoms with E-state index in [1.165, 1.54) is 17.5 Å². The summed E-state index contributed by atoms with van der Waals surface area (Å²) in [6.45, 7) is 3.63. The van der Waals surface area contributed by atoms with E-state index in [2.05, 4.69) is 20.4 Å². The van der Waals surface area contributed by atoms with Gasteiger partial charge in [-0.05, 0) is 50.2 Å². The number of nitrogens with one attached hydrogen (secondary N) is 1. The van der Waals surface area contributed by atoms with E-state index in [4.69, 9.17) is 4.74 Å². The van der Waals surface area contributed by atoms with Crippen molar-refractivity contribution in [2.75, 3.05) is 26.7 Å². The smallest absolute Gasteiger partial charge is 0.274 e. The van der Waals surface area contributed by atoms with Crippen LogP contribution in [0.1, 0.15) is 29.0 Å². The maximum atomic E-state index is 13.1. The molecule has 3 heterocycles.